The second-order valence-corrected chi connectivity index (χ2v) is 6.74. The molecule has 2 N–H and O–H groups in total. The molecule has 0 aliphatic carbocycles. The molecular formula is C12H16N2O6S. The molecule has 0 aromatic heterocycles. The summed E-state index contributed by atoms with van der Waals surface area (Å²) < 4.78 is 31.9. The maximum atomic E-state index is 12.3. The van der Waals surface area contributed by atoms with Crippen LogP contribution in [0.5, 0.6) is 0 Å². The Morgan fingerprint density at radius 1 is 1.52 bits per heavy atom. The van der Waals surface area contributed by atoms with Crippen molar-refractivity contribution in [2.24, 2.45) is 0 Å². The minimum atomic E-state index is -4.10. The van der Waals surface area contributed by atoms with Crippen molar-refractivity contribution < 1.29 is 23.2 Å². The summed E-state index contributed by atoms with van der Waals surface area (Å²) in [5, 5.41) is 21.1. The monoisotopic (exact) mass is 316 g/mol. The van der Waals surface area contributed by atoms with Crippen LogP contribution in [0.1, 0.15) is 12.0 Å². The van der Waals surface area contributed by atoms with Crippen molar-refractivity contribution in [1.82, 2.24) is 4.72 Å². The molecule has 1 aromatic carbocycles. The zero-order valence-electron chi connectivity index (χ0n) is 11.4. The van der Waals surface area contributed by atoms with Crippen LogP contribution in [0.25, 0.3) is 0 Å². The molecule has 1 aromatic rings. The Balaban J connectivity index is 2.29. The van der Waals surface area contributed by atoms with E-state index in [0.29, 0.717) is 13.0 Å². The largest absolute Gasteiger partial charge is 0.386 e. The number of hydrogen-bond acceptors (Lipinski definition) is 6. The van der Waals surface area contributed by atoms with Gasteiger partial charge in [-0.05, 0) is 12.5 Å². The van der Waals surface area contributed by atoms with E-state index in [1.807, 2.05) is 0 Å². The third-order valence-corrected chi connectivity index (χ3v) is 4.92. The Labute approximate surface area is 121 Å². The van der Waals surface area contributed by atoms with Gasteiger partial charge in [0.15, 0.2) is 4.90 Å². The van der Waals surface area contributed by atoms with Gasteiger partial charge >= 0.3 is 0 Å². The van der Waals surface area contributed by atoms with Gasteiger partial charge in [-0.2, -0.15) is 0 Å². The molecule has 1 heterocycles. The molecule has 0 amide bonds. The molecule has 0 saturated carbocycles. The smallest absolute Gasteiger partial charge is 0.289 e. The van der Waals surface area contributed by atoms with E-state index in [9.17, 15) is 23.6 Å². The summed E-state index contributed by atoms with van der Waals surface area (Å²) in [6.07, 6.45) is 0.311. The van der Waals surface area contributed by atoms with Crippen molar-refractivity contribution >= 4 is 15.7 Å². The number of nitro benzene ring substituents is 1. The van der Waals surface area contributed by atoms with Gasteiger partial charge in [-0.25, -0.2) is 13.1 Å². The average molecular weight is 316 g/mol. The van der Waals surface area contributed by atoms with Crippen LogP contribution in [0.2, 0.25) is 0 Å². The maximum Gasteiger partial charge on any atom is 0.289 e. The van der Waals surface area contributed by atoms with E-state index in [1.54, 1.807) is 0 Å². The van der Waals surface area contributed by atoms with Crippen LogP contribution in [0, 0.1) is 17.0 Å². The minimum absolute atomic E-state index is 0.0331. The molecule has 1 unspecified atom stereocenters. The van der Waals surface area contributed by atoms with Gasteiger partial charge in [-0.1, -0.05) is 12.1 Å². The van der Waals surface area contributed by atoms with Gasteiger partial charge in [-0.3, -0.25) is 10.1 Å². The van der Waals surface area contributed by atoms with Crippen molar-refractivity contribution in [1.29, 1.82) is 0 Å². The summed E-state index contributed by atoms with van der Waals surface area (Å²) in [5.74, 6) is 0. The van der Waals surface area contributed by atoms with E-state index in [-0.39, 0.29) is 23.6 Å². The highest BCUT2D eigenvalue weighted by atomic mass is 32.2. The van der Waals surface area contributed by atoms with Crippen molar-refractivity contribution in [2.45, 2.75) is 23.8 Å². The normalized spacial score (nSPS) is 22.4. The van der Waals surface area contributed by atoms with E-state index in [2.05, 4.69) is 4.72 Å². The van der Waals surface area contributed by atoms with Gasteiger partial charge in [0.2, 0.25) is 10.0 Å². The quantitative estimate of drug-likeness (QED) is 0.597. The predicted octanol–water partition coefficient (Wildman–Crippen LogP) is 0.333. The van der Waals surface area contributed by atoms with Crippen LogP contribution in [-0.4, -0.2) is 43.8 Å². The standard InChI is InChI=1S/C12H16N2O6S/c1-9-3-2-4-10(14(16)17)11(9)21(18,19)13-7-12(15)5-6-20-8-12/h2-4,13,15H,5-8H2,1H3. The van der Waals surface area contributed by atoms with E-state index in [0.717, 1.165) is 6.07 Å². The SMILES string of the molecule is Cc1cccc([N+](=O)[O-])c1S(=O)(=O)NCC1(O)CCOC1. The molecule has 9 heteroatoms. The number of rotatable bonds is 5. The molecule has 1 aliphatic rings. The topological polar surface area (TPSA) is 119 Å². The van der Waals surface area contributed by atoms with Gasteiger partial charge in [0, 0.05) is 25.6 Å². The molecule has 8 nitrogen and oxygen atoms in total. The van der Waals surface area contributed by atoms with Crippen LogP contribution >= 0.6 is 0 Å². The first kappa shape index (κ1) is 15.8. The van der Waals surface area contributed by atoms with Gasteiger partial charge in [0.25, 0.3) is 5.69 Å². The molecular weight excluding hydrogens is 300 g/mol. The number of sulfonamides is 1. The summed E-state index contributed by atoms with van der Waals surface area (Å²) in [6, 6.07) is 4.04. The summed E-state index contributed by atoms with van der Waals surface area (Å²) in [5.41, 5.74) is -1.49. The number of hydrogen-bond donors (Lipinski definition) is 2. The number of nitro groups is 1. The summed E-state index contributed by atoms with van der Waals surface area (Å²) in [7, 11) is -4.10. The first-order valence-electron chi connectivity index (χ1n) is 6.29. The number of aryl methyl sites for hydroxylation is 1. The second kappa shape index (κ2) is 5.68. The first-order chi connectivity index (χ1) is 9.75. The van der Waals surface area contributed by atoms with Gasteiger partial charge < -0.3 is 9.84 Å². The number of nitrogens with zero attached hydrogens (tertiary/aromatic N) is 1. The third-order valence-electron chi connectivity index (χ3n) is 3.33. The van der Waals surface area contributed by atoms with E-state index in [4.69, 9.17) is 4.74 Å². The molecule has 1 fully saturated rings. The molecule has 116 valence electrons. The third kappa shape index (κ3) is 3.38. The van der Waals surface area contributed by atoms with Crippen LogP contribution in [0.15, 0.2) is 23.1 Å². The number of ether oxygens (including phenoxy) is 1. The molecule has 1 saturated heterocycles. The fourth-order valence-corrected chi connectivity index (χ4v) is 3.68. The number of aliphatic hydroxyl groups is 1. The molecule has 21 heavy (non-hydrogen) atoms. The summed E-state index contributed by atoms with van der Waals surface area (Å²) in [6.45, 7) is 1.61. The molecule has 1 atom stereocenters. The number of nitrogens with one attached hydrogen (secondary N) is 1. The Morgan fingerprint density at radius 3 is 2.81 bits per heavy atom. The Morgan fingerprint density at radius 2 is 2.24 bits per heavy atom. The van der Waals surface area contributed by atoms with E-state index in [1.165, 1.54) is 19.1 Å². The lowest BCUT2D eigenvalue weighted by Gasteiger charge is -2.20. The highest BCUT2D eigenvalue weighted by Crippen LogP contribution is 2.27. The first-order valence-corrected chi connectivity index (χ1v) is 7.77. The Bertz CT molecular complexity index is 652. The fraction of sp³-hybridized carbons (Fsp3) is 0.500. The van der Waals surface area contributed by atoms with E-state index < -0.39 is 26.2 Å². The lowest BCUT2D eigenvalue weighted by molar-refractivity contribution is -0.387. The highest BCUT2D eigenvalue weighted by Gasteiger charge is 2.35. The van der Waals surface area contributed by atoms with Gasteiger partial charge in [0.1, 0.15) is 5.60 Å². The zero-order chi connectivity index (χ0) is 15.7. The zero-order valence-corrected chi connectivity index (χ0v) is 12.2. The van der Waals surface area contributed by atoms with Crippen LogP contribution in [-0.2, 0) is 14.8 Å². The van der Waals surface area contributed by atoms with Gasteiger partial charge in [-0.15, -0.1) is 0 Å². The lowest BCUT2D eigenvalue weighted by Crippen LogP contribution is -2.43. The Hall–Kier alpha value is -1.55. The molecule has 0 spiro atoms. The second-order valence-electron chi connectivity index (χ2n) is 5.03. The molecule has 2 rings (SSSR count). The van der Waals surface area contributed by atoms with Crippen LogP contribution in [0.4, 0.5) is 5.69 Å². The average Bonchev–Trinajstić information content (AvgIpc) is 2.83. The number of benzene rings is 1. The summed E-state index contributed by atoms with van der Waals surface area (Å²) >= 11 is 0. The highest BCUT2D eigenvalue weighted by molar-refractivity contribution is 7.89. The van der Waals surface area contributed by atoms with Crippen LogP contribution in [0.3, 0.4) is 0 Å². The predicted molar refractivity (Wildman–Crippen MR) is 73.4 cm³/mol. The molecule has 0 bridgehead atoms. The fourth-order valence-electron chi connectivity index (χ4n) is 2.17. The lowest BCUT2D eigenvalue weighted by atomic mass is 10.1. The van der Waals surface area contributed by atoms with Crippen molar-refractivity contribution in [2.75, 3.05) is 19.8 Å². The van der Waals surface area contributed by atoms with Crippen molar-refractivity contribution in [3.05, 3.63) is 33.9 Å². The molecule has 0 radical (unpaired) electrons. The van der Waals surface area contributed by atoms with Crippen LogP contribution < -0.4 is 4.72 Å². The van der Waals surface area contributed by atoms with Gasteiger partial charge in [0.05, 0.1) is 11.5 Å². The molecule has 1 aliphatic heterocycles. The van der Waals surface area contributed by atoms with Crippen molar-refractivity contribution in [3.8, 4) is 0 Å². The maximum absolute atomic E-state index is 12.3. The van der Waals surface area contributed by atoms with Crippen molar-refractivity contribution in [3.63, 3.8) is 0 Å². The Kier molecular flexibility index (Phi) is 4.28. The van der Waals surface area contributed by atoms with E-state index >= 15 is 0 Å². The summed E-state index contributed by atoms with van der Waals surface area (Å²) in [4.78, 5) is 9.87. The minimum Gasteiger partial charge on any atom is -0.386 e.